The molecule has 0 saturated heterocycles. The molecule has 0 amide bonds. The summed E-state index contributed by atoms with van der Waals surface area (Å²) in [6.45, 7) is 6.08. The summed E-state index contributed by atoms with van der Waals surface area (Å²) in [4.78, 5) is 1.62. The summed E-state index contributed by atoms with van der Waals surface area (Å²) in [5.74, 6) is 0.0849. The van der Waals surface area contributed by atoms with Crippen LogP contribution < -0.4 is 4.72 Å². The van der Waals surface area contributed by atoms with Crippen molar-refractivity contribution in [2.24, 2.45) is 5.92 Å². The Morgan fingerprint density at radius 2 is 1.91 bits per heavy atom. The van der Waals surface area contributed by atoms with E-state index in [9.17, 15) is 8.42 Å². The zero-order chi connectivity index (χ0) is 16.3. The molecule has 0 fully saturated rings. The topological polar surface area (TPSA) is 76.9 Å². The zero-order valence-corrected chi connectivity index (χ0v) is 14.3. The number of halogens is 1. The van der Waals surface area contributed by atoms with Crippen LogP contribution in [0.4, 0.5) is 0 Å². The van der Waals surface area contributed by atoms with Crippen LogP contribution in [0.15, 0.2) is 35.5 Å². The van der Waals surface area contributed by atoms with Crippen molar-refractivity contribution in [3.8, 4) is 0 Å². The summed E-state index contributed by atoms with van der Waals surface area (Å²) in [6.07, 6.45) is 3.12. The maximum absolute atomic E-state index is 12.5. The van der Waals surface area contributed by atoms with Crippen LogP contribution in [0.2, 0.25) is 5.02 Å². The highest BCUT2D eigenvalue weighted by atomic mass is 35.5. The van der Waals surface area contributed by atoms with Gasteiger partial charge in [0.25, 0.3) is 0 Å². The van der Waals surface area contributed by atoms with E-state index in [1.807, 2.05) is 20.8 Å². The van der Waals surface area contributed by atoms with Crippen LogP contribution in [0.25, 0.3) is 0 Å². The number of hydrogen-bond donors (Lipinski definition) is 1. The quantitative estimate of drug-likeness (QED) is 0.873. The minimum absolute atomic E-state index is 0.0849. The average Bonchev–Trinajstić information content (AvgIpc) is 2.93. The average molecular weight is 343 g/mol. The van der Waals surface area contributed by atoms with Gasteiger partial charge in [-0.05, 0) is 30.5 Å². The van der Waals surface area contributed by atoms with Crippen molar-refractivity contribution in [1.82, 2.24) is 19.7 Å². The predicted octanol–water partition coefficient (Wildman–Crippen LogP) is 2.24. The Balaban J connectivity index is 2.22. The Morgan fingerprint density at radius 1 is 1.27 bits per heavy atom. The van der Waals surface area contributed by atoms with Crippen molar-refractivity contribution in [2.45, 2.75) is 38.3 Å². The molecule has 0 bridgehead atoms. The Kier molecular flexibility index (Phi) is 5.20. The first-order valence-corrected chi connectivity index (χ1v) is 8.78. The van der Waals surface area contributed by atoms with Crippen molar-refractivity contribution >= 4 is 21.6 Å². The van der Waals surface area contributed by atoms with Crippen LogP contribution in [0.3, 0.4) is 0 Å². The molecule has 2 rings (SSSR count). The molecule has 120 valence electrons. The molecule has 0 radical (unpaired) electrons. The van der Waals surface area contributed by atoms with Crippen molar-refractivity contribution in [1.29, 1.82) is 0 Å². The smallest absolute Gasteiger partial charge is 0.207 e. The number of nitrogens with one attached hydrogen (secondary N) is 1. The van der Waals surface area contributed by atoms with Crippen molar-refractivity contribution in [3.05, 3.63) is 41.2 Å². The lowest BCUT2D eigenvalue weighted by Gasteiger charge is -2.21. The first kappa shape index (κ1) is 16.9. The van der Waals surface area contributed by atoms with E-state index in [0.29, 0.717) is 11.6 Å². The van der Waals surface area contributed by atoms with Crippen molar-refractivity contribution < 1.29 is 8.42 Å². The third-order valence-electron chi connectivity index (χ3n) is 3.39. The molecular formula is C14H19ClN4O2S. The van der Waals surface area contributed by atoms with Gasteiger partial charge in [-0.25, -0.2) is 13.1 Å². The second kappa shape index (κ2) is 6.76. The van der Waals surface area contributed by atoms with Gasteiger partial charge in [-0.15, -0.1) is 0 Å². The summed E-state index contributed by atoms with van der Waals surface area (Å²) in [6, 6.07) is 4.38. The first-order chi connectivity index (χ1) is 10.3. The fourth-order valence-corrected chi connectivity index (χ4v) is 3.55. The molecule has 0 spiro atoms. The lowest BCUT2D eigenvalue weighted by atomic mass is 10.1. The van der Waals surface area contributed by atoms with Gasteiger partial charge in [0.05, 0.1) is 23.8 Å². The van der Waals surface area contributed by atoms with E-state index in [-0.39, 0.29) is 16.9 Å². The Morgan fingerprint density at radius 3 is 2.45 bits per heavy atom. The second-order valence-electron chi connectivity index (χ2n) is 5.47. The monoisotopic (exact) mass is 342 g/mol. The van der Waals surface area contributed by atoms with Gasteiger partial charge in [-0.3, -0.25) is 0 Å². The largest absolute Gasteiger partial charge is 0.240 e. The van der Waals surface area contributed by atoms with Gasteiger partial charge in [0.15, 0.2) is 0 Å². The van der Waals surface area contributed by atoms with Crippen LogP contribution in [0.5, 0.6) is 0 Å². The molecule has 0 aliphatic heterocycles. The van der Waals surface area contributed by atoms with Gasteiger partial charge < -0.3 is 0 Å². The predicted molar refractivity (Wildman–Crippen MR) is 85.2 cm³/mol. The normalized spacial score (nSPS) is 13.5. The summed E-state index contributed by atoms with van der Waals surface area (Å²) in [5, 5.41) is 8.46. The van der Waals surface area contributed by atoms with E-state index in [2.05, 4.69) is 14.9 Å². The number of aromatic nitrogens is 3. The highest BCUT2D eigenvalue weighted by Gasteiger charge is 2.23. The molecule has 0 aliphatic rings. The highest BCUT2D eigenvalue weighted by Crippen LogP contribution is 2.20. The first-order valence-electron chi connectivity index (χ1n) is 6.92. The van der Waals surface area contributed by atoms with Gasteiger partial charge in [-0.1, -0.05) is 31.5 Å². The fourth-order valence-electron chi connectivity index (χ4n) is 1.91. The third kappa shape index (κ3) is 4.06. The van der Waals surface area contributed by atoms with E-state index in [1.54, 1.807) is 24.5 Å². The van der Waals surface area contributed by atoms with E-state index in [4.69, 9.17) is 11.6 Å². The minimum Gasteiger partial charge on any atom is -0.207 e. The summed E-state index contributed by atoms with van der Waals surface area (Å²) in [5.41, 5.74) is 0.835. The number of rotatable bonds is 6. The molecule has 1 N–H and O–H groups in total. The standard InChI is InChI=1S/C14H19ClN4O2S/c1-10(2)14(9-19-16-6-7-17-19)18-22(20,21)12-5-4-11(3)13(15)8-12/h4-8,10,14,18H,9H2,1-3H3. The van der Waals surface area contributed by atoms with Gasteiger partial charge in [0.2, 0.25) is 10.0 Å². The van der Waals surface area contributed by atoms with E-state index in [0.717, 1.165) is 5.56 Å². The van der Waals surface area contributed by atoms with Gasteiger partial charge in [0, 0.05) is 11.1 Å². The molecule has 0 saturated carbocycles. The lowest BCUT2D eigenvalue weighted by Crippen LogP contribution is -2.41. The minimum atomic E-state index is -3.65. The Bertz CT molecular complexity index is 729. The lowest BCUT2D eigenvalue weighted by molar-refractivity contribution is 0.361. The highest BCUT2D eigenvalue weighted by molar-refractivity contribution is 7.89. The molecule has 8 heteroatoms. The Hall–Kier alpha value is -1.44. The van der Waals surface area contributed by atoms with Crippen LogP contribution >= 0.6 is 11.6 Å². The molecule has 2 aromatic rings. The number of sulfonamides is 1. The van der Waals surface area contributed by atoms with E-state index < -0.39 is 10.0 Å². The molecule has 1 heterocycles. The van der Waals surface area contributed by atoms with Crippen LogP contribution in [-0.2, 0) is 16.6 Å². The molecular weight excluding hydrogens is 324 g/mol. The maximum atomic E-state index is 12.5. The van der Waals surface area contributed by atoms with Crippen LogP contribution in [0.1, 0.15) is 19.4 Å². The Labute approximate surface area is 135 Å². The van der Waals surface area contributed by atoms with Crippen molar-refractivity contribution in [2.75, 3.05) is 0 Å². The summed E-state index contributed by atoms with van der Waals surface area (Å²) >= 11 is 6.02. The summed E-state index contributed by atoms with van der Waals surface area (Å²) < 4.78 is 27.7. The van der Waals surface area contributed by atoms with Crippen molar-refractivity contribution in [3.63, 3.8) is 0 Å². The molecule has 6 nitrogen and oxygen atoms in total. The molecule has 22 heavy (non-hydrogen) atoms. The fraction of sp³-hybridized carbons (Fsp3) is 0.429. The zero-order valence-electron chi connectivity index (χ0n) is 12.7. The van der Waals surface area contributed by atoms with Gasteiger partial charge >= 0.3 is 0 Å². The SMILES string of the molecule is Cc1ccc(S(=O)(=O)NC(Cn2nccn2)C(C)C)cc1Cl. The molecule has 1 unspecified atom stereocenters. The number of benzene rings is 1. The van der Waals surface area contributed by atoms with Crippen LogP contribution in [0, 0.1) is 12.8 Å². The molecule has 1 aromatic heterocycles. The summed E-state index contributed by atoms with van der Waals surface area (Å²) in [7, 11) is -3.65. The van der Waals surface area contributed by atoms with Gasteiger partial charge in [-0.2, -0.15) is 15.0 Å². The van der Waals surface area contributed by atoms with Gasteiger partial charge in [0.1, 0.15) is 0 Å². The molecule has 0 aliphatic carbocycles. The maximum Gasteiger partial charge on any atom is 0.240 e. The van der Waals surface area contributed by atoms with E-state index in [1.165, 1.54) is 10.9 Å². The van der Waals surface area contributed by atoms with E-state index >= 15 is 0 Å². The third-order valence-corrected chi connectivity index (χ3v) is 5.29. The molecule has 1 aromatic carbocycles. The number of aryl methyl sites for hydroxylation is 1. The second-order valence-corrected chi connectivity index (χ2v) is 7.59. The number of hydrogen-bond acceptors (Lipinski definition) is 4. The molecule has 1 atom stereocenters. The number of nitrogens with zero attached hydrogens (tertiary/aromatic N) is 3. The van der Waals surface area contributed by atoms with Crippen LogP contribution in [-0.4, -0.2) is 29.5 Å².